The minimum atomic E-state index is -1.01. The van der Waals surface area contributed by atoms with E-state index in [9.17, 15) is 9.59 Å². The van der Waals surface area contributed by atoms with Gasteiger partial charge in [-0.25, -0.2) is 4.79 Å². The van der Waals surface area contributed by atoms with Crippen LogP contribution in [-0.4, -0.2) is 41.5 Å². The summed E-state index contributed by atoms with van der Waals surface area (Å²) in [5, 5.41) is 12.8. The summed E-state index contributed by atoms with van der Waals surface area (Å²) in [7, 11) is 0. The Hall–Kier alpha value is -2.02. The number of carbonyl (C=O) groups excluding carboxylic acids is 1. The molecule has 0 unspecified atom stereocenters. The Kier molecular flexibility index (Phi) is 7.71. The maximum Gasteiger partial charge on any atom is 0.335 e. The number of halogens is 2. The van der Waals surface area contributed by atoms with Gasteiger partial charge in [-0.15, -0.1) is 12.4 Å². The molecule has 1 aliphatic heterocycles. The Morgan fingerprint density at radius 1 is 1.30 bits per heavy atom. The van der Waals surface area contributed by atoms with Crippen LogP contribution in [0.15, 0.2) is 34.7 Å². The van der Waals surface area contributed by atoms with Crippen LogP contribution in [-0.2, 0) is 11.3 Å². The van der Waals surface area contributed by atoms with Crippen LogP contribution in [0.2, 0.25) is 5.02 Å². The fourth-order valence-corrected chi connectivity index (χ4v) is 3.22. The number of carboxylic acids is 1. The van der Waals surface area contributed by atoms with E-state index in [1.54, 1.807) is 12.1 Å². The number of furan rings is 1. The van der Waals surface area contributed by atoms with Crippen LogP contribution in [0, 0.1) is 0 Å². The maximum atomic E-state index is 11.5. The van der Waals surface area contributed by atoms with E-state index < -0.39 is 5.97 Å². The van der Waals surface area contributed by atoms with E-state index >= 15 is 0 Å². The van der Waals surface area contributed by atoms with Gasteiger partial charge in [-0.2, -0.15) is 0 Å². The lowest BCUT2D eigenvalue weighted by atomic mass is 10.1. The van der Waals surface area contributed by atoms with Crippen LogP contribution in [0.4, 0.5) is 0 Å². The fraction of sp³-hybridized carbons (Fsp3) is 0.368. The second-order valence-corrected chi connectivity index (χ2v) is 6.69. The molecular weight excluding hydrogens is 391 g/mol. The van der Waals surface area contributed by atoms with Gasteiger partial charge in [-0.3, -0.25) is 4.79 Å². The van der Waals surface area contributed by atoms with Gasteiger partial charge in [0.05, 0.1) is 17.1 Å². The molecule has 1 aromatic heterocycles. The molecule has 1 amide bonds. The molecule has 146 valence electrons. The summed E-state index contributed by atoms with van der Waals surface area (Å²) in [4.78, 5) is 24.6. The van der Waals surface area contributed by atoms with Crippen molar-refractivity contribution in [1.29, 1.82) is 0 Å². The van der Waals surface area contributed by atoms with Crippen molar-refractivity contribution in [1.82, 2.24) is 10.2 Å². The van der Waals surface area contributed by atoms with Crippen LogP contribution < -0.4 is 5.32 Å². The summed E-state index contributed by atoms with van der Waals surface area (Å²) in [5.74, 6) is 0.528. The van der Waals surface area contributed by atoms with Gasteiger partial charge in [0.25, 0.3) is 0 Å². The smallest absolute Gasteiger partial charge is 0.335 e. The summed E-state index contributed by atoms with van der Waals surface area (Å²) in [5.41, 5.74) is 0.724. The van der Waals surface area contributed by atoms with Gasteiger partial charge in [-0.1, -0.05) is 11.6 Å². The number of benzene rings is 1. The zero-order valence-electron chi connectivity index (χ0n) is 14.7. The molecule has 6 nitrogen and oxygen atoms in total. The van der Waals surface area contributed by atoms with Gasteiger partial charge in [-0.05, 0) is 49.7 Å². The highest BCUT2D eigenvalue weighted by atomic mass is 35.5. The van der Waals surface area contributed by atoms with Gasteiger partial charge >= 0.3 is 5.97 Å². The number of nitrogens with one attached hydrogen (secondary N) is 1. The highest BCUT2D eigenvalue weighted by Gasteiger charge is 2.19. The standard InChI is InChI=1S/C19H21ClN2O4.ClH/c20-16-6-4-13(19(24)25)11-15(16)17-7-5-14(26-17)12-21-8-2-10-22-9-1-3-18(22)23;/h4-7,11,21H,1-3,8-10,12H2,(H,24,25);1H. The van der Waals surface area contributed by atoms with Crippen LogP contribution in [0.3, 0.4) is 0 Å². The first-order chi connectivity index (χ1) is 12.5. The Labute approximate surface area is 168 Å². The zero-order valence-corrected chi connectivity index (χ0v) is 16.3. The predicted octanol–water partition coefficient (Wildman–Crippen LogP) is 3.82. The maximum absolute atomic E-state index is 11.5. The highest BCUT2D eigenvalue weighted by molar-refractivity contribution is 6.33. The Morgan fingerprint density at radius 2 is 2.11 bits per heavy atom. The van der Waals surface area contributed by atoms with Crippen molar-refractivity contribution in [3.05, 3.63) is 46.7 Å². The third-order valence-electron chi connectivity index (χ3n) is 4.39. The van der Waals surface area contributed by atoms with Crippen LogP contribution >= 0.6 is 24.0 Å². The number of hydrogen-bond donors (Lipinski definition) is 2. The summed E-state index contributed by atoms with van der Waals surface area (Å²) < 4.78 is 5.78. The van der Waals surface area contributed by atoms with Crippen molar-refractivity contribution < 1.29 is 19.1 Å². The molecule has 3 rings (SSSR count). The number of amides is 1. The van der Waals surface area contributed by atoms with E-state index in [2.05, 4.69) is 5.32 Å². The normalized spacial score (nSPS) is 13.7. The van der Waals surface area contributed by atoms with E-state index in [4.69, 9.17) is 21.1 Å². The van der Waals surface area contributed by atoms with E-state index in [0.717, 1.165) is 38.2 Å². The number of carboxylic acid groups (broad SMARTS) is 1. The summed E-state index contributed by atoms with van der Waals surface area (Å²) >= 11 is 6.16. The van der Waals surface area contributed by atoms with E-state index in [-0.39, 0.29) is 23.9 Å². The number of hydrogen-bond acceptors (Lipinski definition) is 4. The topological polar surface area (TPSA) is 82.8 Å². The monoisotopic (exact) mass is 412 g/mol. The molecule has 2 heterocycles. The minimum Gasteiger partial charge on any atom is -0.478 e. The molecule has 1 saturated heterocycles. The number of carbonyl (C=O) groups is 2. The molecule has 0 saturated carbocycles. The quantitative estimate of drug-likeness (QED) is 0.643. The van der Waals surface area contributed by atoms with Crippen molar-refractivity contribution in [3.8, 4) is 11.3 Å². The van der Waals surface area contributed by atoms with E-state index in [0.29, 0.717) is 29.3 Å². The van der Waals surface area contributed by atoms with E-state index in [1.165, 1.54) is 12.1 Å². The second kappa shape index (κ2) is 9.78. The summed E-state index contributed by atoms with van der Waals surface area (Å²) in [6.07, 6.45) is 2.53. The molecular formula is C19H22Cl2N2O4. The Morgan fingerprint density at radius 3 is 2.81 bits per heavy atom. The van der Waals surface area contributed by atoms with Crippen molar-refractivity contribution in [2.24, 2.45) is 0 Å². The third-order valence-corrected chi connectivity index (χ3v) is 4.72. The first-order valence-corrected chi connectivity index (χ1v) is 9.03. The minimum absolute atomic E-state index is 0. The van der Waals surface area contributed by atoms with Gasteiger partial charge in [0, 0.05) is 25.1 Å². The van der Waals surface area contributed by atoms with Crippen LogP contribution in [0.1, 0.15) is 35.4 Å². The van der Waals surface area contributed by atoms with E-state index in [1.807, 2.05) is 11.0 Å². The van der Waals surface area contributed by atoms with Crippen molar-refractivity contribution >= 4 is 35.9 Å². The van der Waals surface area contributed by atoms with Gasteiger partial charge < -0.3 is 19.7 Å². The predicted molar refractivity (Wildman–Crippen MR) is 105 cm³/mol. The number of rotatable bonds is 8. The first kappa shape index (κ1) is 21.3. The molecule has 0 atom stereocenters. The number of nitrogens with zero attached hydrogens (tertiary/aromatic N) is 1. The van der Waals surface area contributed by atoms with Crippen molar-refractivity contribution in [2.45, 2.75) is 25.8 Å². The summed E-state index contributed by atoms with van der Waals surface area (Å²) in [6.45, 7) is 3.00. The third kappa shape index (κ3) is 5.48. The number of likely N-dealkylation sites (tertiary alicyclic amines) is 1. The van der Waals surface area contributed by atoms with Crippen LogP contribution in [0.25, 0.3) is 11.3 Å². The van der Waals surface area contributed by atoms with Gasteiger partial charge in [0.2, 0.25) is 5.91 Å². The Balaban J connectivity index is 0.00000261. The molecule has 1 fully saturated rings. The summed E-state index contributed by atoms with van der Waals surface area (Å²) in [6, 6.07) is 8.15. The SMILES string of the molecule is Cl.O=C(O)c1ccc(Cl)c(-c2ccc(CNCCCN3CCCC3=O)o2)c1. The first-order valence-electron chi connectivity index (χ1n) is 8.65. The van der Waals surface area contributed by atoms with Crippen molar-refractivity contribution in [2.75, 3.05) is 19.6 Å². The molecule has 0 radical (unpaired) electrons. The largest absolute Gasteiger partial charge is 0.478 e. The Bertz CT molecular complexity index is 807. The van der Waals surface area contributed by atoms with Gasteiger partial charge in [0.1, 0.15) is 11.5 Å². The molecule has 0 aliphatic carbocycles. The van der Waals surface area contributed by atoms with Crippen molar-refractivity contribution in [3.63, 3.8) is 0 Å². The fourth-order valence-electron chi connectivity index (χ4n) is 3.01. The molecule has 27 heavy (non-hydrogen) atoms. The lowest BCUT2D eigenvalue weighted by molar-refractivity contribution is -0.127. The van der Waals surface area contributed by atoms with Crippen LogP contribution in [0.5, 0.6) is 0 Å². The van der Waals surface area contributed by atoms with Gasteiger partial charge in [0.15, 0.2) is 0 Å². The molecule has 2 aromatic rings. The molecule has 0 bridgehead atoms. The lowest BCUT2D eigenvalue weighted by Gasteiger charge is -2.15. The molecule has 0 spiro atoms. The second-order valence-electron chi connectivity index (χ2n) is 6.28. The lowest BCUT2D eigenvalue weighted by Crippen LogP contribution is -2.28. The average Bonchev–Trinajstić information content (AvgIpc) is 3.24. The zero-order chi connectivity index (χ0) is 18.5. The number of aromatic carboxylic acids is 1. The molecule has 1 aromatic carbocycles. The average molecular weight is 413 g/mol. The highest BCUT2D eigenvalue weighted by Crippen LogP contribution is 2.30. The molecule has 8 heteroatoms. The molecule has 2 N–H and O–H groups in total. The molecule has 1 aliphatic rings.